The molecule has 0 aliphatic carbocycles. The van der Waals surface area contributed by atoms with Crippen molar-refractivity contribution in [3.63, 3.8) is 0 Å². The molecule has 0 spiro atoms. The number of H-pyrrole nitrogens is 1. The third kappa shape index (κ3) is 13.8. The summed E-state index contributed by atoms with van der Waals surface area (Å²) >= 11 is 5.76. The SMILES string of the molecule is CCNc1nc(NC(C)(C)C)nc(OC)n1.COc1nc(C)nc(NC(=O)NS(=O)(=O)c2ccccc2C(=O)O)n1.Cc1[nH]c(=O)n(C(C)(C)C)c(=O)c1Cl. The number of carboxylic acids is 1. The van der Waals surface area contributed by atoms with Crippen LogP contribution < -0.4 is 41.4 Å². The number of ether oxygens (including phenoxy) is 2. The third-order valence-electron chi connectivity index (χ3n) is 6.28. The molecule has 0 aliphatic heterocycles. The molecule has 3 heterocycles. The van der Waals surface area contributed by atoms with E-state index in [0.29, 0.717) is 23.6 Å². The highest BCUT2D eigenvalue weighted by Gasteiger charge is 2.25. The molecule has 6 N–H and O–H groups in total. The van der Waals surface area contributed by atoms with Gasteiger partial charge in [-0.1, -0.05) is 23.7 Å². The predicted octanol–water partition coefficient (Wildman–Crippen LogP) is 3.17. The largest absolute Gasteiger partial charge is 0.478 e. The molecule has 1 aromatic carbocycles. The lowest BCUT2D eigenvalue weighted by Crippen LogP contribution is -2.45. The Kier molecular flexibility index (Phi) is 15.6. The quantitative estimate of drug-likeness (QED) is 0.142. The topological polar surface area (TPSA) is 287 Å². The maximum absolute atomic E-state index is 12.2. The molecule has 23 heteroatoms. The van der Waals surface area contributed by atoms with Crippen molar-refractivity contribution in [1.29, 1.82) is 0 Å². The van der Waals surface area contributed by atoms with Gasteiger partial charge in [0.1, 0.15) is 15.7 Å². The monoisotopic (exact) mass is 808 g/mol. The molecular formula is C32H45ClN12O9S. The number of nitrogens with zero attached hydrogens (tertiary/aromatic N) is 7. The zero-order valence-corrected chi connectivity index (χ0v) is 33.7. The second-order valence-electron chi connectivity index (χ2n) is 13.1. The Bertz CT molecular complexity index is 2220. The third-order valence-corrected chi connectivity index (χ3v) is 8.11. The minimum atomic E-state index is -4.43. The van der Waals surface area contributed by atoms with Gasteiger partial charge in [-0.3, -0.25) is 14.7 Å². The van der Waals surface area contributed by atoms with Gasteiger partial charge in [0.05, 0.1) is 19.8 Å². The van der Waals surface area contributed by atoms with Gasteiger partial charge in [-0.05, 0) is 74.4 Å². The number of carbonyl (C=O) groups excluding carboxylic acids is 1. The van der Waals surface area contributed by atoms with Crippen LogP contribution in [0.15, 0.2) is 38.8 Å². The molecule has 2 amide bonds. The van der Waals surface area contributed by atoms with Crippen molar-refractivity contribution in [1.82, 2.24) is 44.2 Å². The molecule has 0 bridgehead atoms. The molecule has 0 aliphatic rings. The van der Waals surface area contributed by atoms with Crippen molar-refractivity contribution < 1.29 is 32.6 Å². The summed E-state index contributed by atoms with van der Waals surface area (Å²) in [5, 5.41) is 17.4. The number of anilines is 3. The molecule has 4 aromatic rings. The summed E-state index contributed by atoms with van der Waals surface area (Å²) in [6.07, 6.45) is 0. The second kappa shape index (κ2) is 18.9. The van der Waals surface area contributed by atoms with Crippen molar-refractivity contribution >= 4 is 51.5 Å². The Hall–Kier alpha value is -5.90. The molecule has 0 unspecified atom stereocenters. The molecule has 3 aromatic heterocycles. The van der Waals surface area contributed by atoms with Crippen LogP contribution in [0.1, 0.15) is 70.3 Å². The summed E-state index contributed by atoms with van der Waals surface area (Å²) < 4.78 is 37.1. The maximum atomic E-state index is 12.2. The number of carboxylic acid groups (broad SMARTS) is 1. The number of urea groups is 1. The number of halogens is 1. The number of aromatic nitrogens is 8. The normalized spacial score (nSPS) is 11.1. The second-order valence-corrected chi connectivity index (χ2v) is 15.1. The maximum Gasteiger partial charge on any atom is 0.337 e. The van der Waals surface area contributed by atoms with E-state index in [2.05, 4.69) is 50.8 Å². The molecule has 300 valence electrons. The van der Waals surface area contributed by atoms with Crippen LogP contribution in [0.3, 0.4) is 0 Å². The highest BCUT2D eigenvalue weighted by Crippen LogP contribution is 2.17. The number of methoxy groups -OCH3 is 2. The summed E-state index contributed by atoms with van der Waals surface area (Å²) in [5.74, 6) is -0.416. The zero-order chi connectivity index (χ0) is 41.9. The van der Waals surface area contributed by atoms with Gasteiger partial charge in [0.2, 0.25) is 17.8 Å². The van der Waals surface area contributed by atoms with Crippen molar-refractivity contribution in [2.75, 3.05) is 36.7 Å². The molecule has 0 atom stereocenters. The average Bonchev–Trinajstić information content (AvgIpc) is 3.05. The van der Waals surface area contributed by atoms with E-state index in [4.69, 9.17) is 26.2 Å². The number of rotatable bonds is 9. The van der Waals surface area contributed by atoms with Crippen LogP contribution in [0.5, 0.6) is 12.0 Å². The van der Waals surface area contributed by atoms with Crippen LogP contribution in [0, 0.1) is 13.8 Å². The van der Waals surface area contributed by atoms with E-state index in [1.54, 1.807) is 32.4 Å². The molecule has 0 radical (unpaired) electrons. The summed E-state index contributed by atoms with van der Waals surface area (Å²) in [5.41, 5.74) is -1.61. The van der Waals surface area contributed by atoms with Crippen LogP contribution in [0.25, 0.3) is 0 Å². The van der Waals surface area contributed by atoms with Gasteiger partial charge in [0.15, 0.2) is 0 Å². The molecular weight excluding hydrogens is 764 g/mol. The lowest BCUT2D eigenvalue weighted by Gasteiger charge is -2.21. The zero-order valence-electron chi connectivity index (χ0n) is 32.1. The van der Waals surface area contributed by atoms with Crippen LogP contribution in [0.4, 0.5) is 22.6 Å². The van der Waals surface area contributed by atoms with Crippen molar-refractivity contribution in [3.05, 3.63) is 67.2 Å². The number of sulfonamides is 1. The van der Waals surface area contributed by atoms with Gasteiger partial charge in [-0.25, -0.2) is 27.5 Å². The van der Waals surface area contributed by atoms with E-state index in [9.17, 15) is 27.6 Å². The van der Waals surface area contributed by atoms with E-state index < -0.39 is 49.3 Å². The lowest BCUT2D eigenvalue weighted by atomic mass is 10.1. The first kappa shape index (κ1) is 45.3. The Morgan fingerprint density at radius 3 is 2.00 bits per heavy atom. The fourth-order valence-corrected chi connectivity index (χ4v) is 5.33. The van der Waals surface area contributed by atoms with Gasteiger partial charge in [0.25, 0.3) is 15.6 Å². The smallest absolute Gasteiger partial charge is 0.337 e. The van der Waals surface area contributed by atoms with Gasteiger partial charge in [-0.2, -0.15) is 29.9 Å². The number of benzene rings is 1. The van der Waals surface area contributed by atoms with E-state index >= 15 is 0 Å². The first-order valence-electron chi connectivity index (χ1n) is 16.2. The average molecular weight is 809 g/mol. The van der Waals surface area contributed by atoms with Gasteiger partial charge in [0, 0.05) is 23.3 Å². The Balaban J connectivity index is 0.000000302. The Morgan fingerprint density at radius 1 is 0.891 bits per heavy atom. The minimum absolute atomic E-state index is 0.0677. The van der Waals surface area contributed by atoms with Crippen LogP contribution in [0.2, 0.25) is 5.02 Å². The van der Waals surface area contributed by atoms with E-state index in [1.165, 1.54) is 33.3 Å². The molecule has 55 heavy (non-hydrogen) atoms. The first-order valence-corrected chi connectivity index (χ1v) is 18.0. The van der Waals surface area contributed by atoms with Gasteiger partial charge >= 0.3 is 29.7 Å². The number of hydrogen-bond acceptors (Lipinski definition) is 16. The van der Waals surface area contributed by atoms with Gasteiger partial charge in [-0.15, -0.1) is 0 Å². The molecule has 0 saturated carbocycles. The van der Waals surface area contributed by atoms with E-state index in [1.807, 2.05) is 27.7 Å². The molecule has 4 rings (SSSR count). The minimum Gasteiger partial charge on any atom is -0.478 e. The summed E-state index contributed by atoms with van der Waals surface area (Å²) in [6, 6.07) is 3.93. The first-order chi connectivity index (χ1) is 25.4. The Labute approximate surface area is 321 Å². The fourth-order valence-electron chi connectivity index (χ4n) is 4.09. The molecule has 0 saturated heterocycles. The fraction of sp³-hybridized carbons (Fsp3) is 0.438. The van der Waals surface area contributed by atoms with Crippen molar-refractivity contribution in [2.45, 2.75) is 78.3 Å². The lowest BCUT2D eigenvalue weighted by molar-refractivity contribution is 0.0692. The number of aromatic amines is 1. The highest BCUT2D eigenvalue weighted by atomic mass is 35.5. The summed E-state index contributed by atoms with van der Waals surface area (Å²) in [6.45, 7) is 17.3. The Morgan fingerprint density at radius 2 is 1.45 bits per heavy atom. The van der Waals surface area contributed by atoms with E-state index in [-0.39, 0.29) is 28.3 Å². The summed E-state index contributed by atoms with van der Waals surface area (Å²) in [7, 11) is -1.58. The van der Waals surface area contributed by atoms with Crippen LogP contribution in [-0.4, -0.2) is 91.3 Å². The number of aryl methyl sites for hydroxylation is 2. The number of carbonyl (C=O) groups is 2. The number of amides is 2. The number of hydrogen-bond donors (Lipinski definition) is 6. The number of aromatic carboxylic acids is 1. The van der Waals surface area contributed by atoms with Crippen LogP contribution >= 0.6 is 11.6 Å². The van der Waals surface area contributed by atoms with Gasteiger partial charge < -0.3 is 30.2 Å². The molecule has 0 fully saturated rings. The highest BCUT2D eigenvalue weighted by molar-refractivity contribution is 7.90. The van der Waals surface area contributed by atoms with Crippen molar-refractivity contribution in [2.24, 2.45) is 0 Å². The standard InChI is InChI=1S/C13H13N5O6S.C10H19N5O.C9H13ClN2O2/c1-7-14-11(17-13(15-7)24-2)16-12(21)18-25(22,23)9-6-4-3-5-8(9)10(19)20;1-6-11-7-12-8(15-10(2,3)4)14-9(13-7)16-5;1-5-6(10)7(13)12(8(14)11-5)9(2,3)4/h3-6H,1-2H3,(H,19,20)(H2,14,15,16,17,18,21);6H2,1-5H3,(H2,11,12,13,14,15);1-4H3,(H,11,14). The summed E-state index contributed by atoms with van der Waals surface area (Å²) in [4.78, 5) is 72.0. The number of nitrogens with one attached hydrogen (secondary N) is 5. The van der Waals surface area contributed by atoms with Crippen molar-refractivity contribution in [3.8, 4) is 12.0 Å². The molecule has 21 nitrogen and oxygen atoms in total. The van der Waals surface area contributed by atoms with Crippen LogP contribution in [-0.2, 0) is 15.6 Å². The predicted molar refractivity (Wildman–Crippen MR) is 204 cm³/mol. The van der Waals surface area contributed by atoms with E-state index in [0.717, 1.165) is 23.2 Å².